The summed E-state index contributed by atoms with van der Waals surface area (Å²) < 4.78 is 2.09. The van der Waals surface area contributed by atoms with E-state index in [0.717, 1.165) is 26.5 Å². The smallest absolute Gasteiger partial charge is 0.186 e. The van der Waals surface area contributed by atoms with Crippen LogP contribution in [0.5, 0.6) is 0 Å². The summed E-state index contributed by atoms with van der Waals surface area (Å²) in [4.78, 5) is 16.3. The van der Waals surface area contributed by atoms with Crippen LogP contribution in [-0.2, 0) is 0 Å². The molecule has 3 rings (SSSR count). The van der Waals surface area contributed by atoms with Crippen LogP contribution in [0.3, 0.4) is 0 Å². The van der Waals surface area contributed by atoms with E-state index in [1.807, 2.05) is 32.1 Å². The molecule has 0 bridgehead atoms. The van der Waals surface area contributed by atoms with E-state index >= 15 is 0 Å². The van der Waals surface area contributed by atoms with Gasteiger partial charge < -0.3 is 9.47 Å². The molecule has 0 spiro atoms. The average Bonchev–Trinajstić information content (AvgIpc) is 3.16. The Labute approximate surface area is 142 Å². The normalized spacial score (nSPS) is 12.6. The molecule has 0 N–H and O–H groups in total. The first kappa shape index (κ1) is 15.5. The van der Waals surface area contributed by atoms with Gasteiger partial charge in [0.15, 0.2) is 16.1 Å². The number of anilines is 1. The van der Waals surface area contributed by atoms with E-state index in [2.05, 4.69) is 31.8 Å². The summed E-state index contributed by atoms with van der Waals surface area (Å²) >= 11 is 9.51. The van der Waals surface area contributed by atoms with Crippen LogP contribution in [0.1, 0.15) is 23.7 Å². The predicted molar refractivity (Wildman–Crippen MR) is 93.3 cm³/mol. The molecule has 0 aliphatic heterocycles. The second-order valence-corrected chi connectivity index (χ2v) is 7.53. The van der Waals surface area contributed by atoms with Gasteiger partial charge >= 0.3 is 0 Å². The van der Waals surface area contributed by atoms with Crippen molar-refractivity contribution >= 4 is 39.4 Å². The van der Waals surface area contributed by atoms with E-state index in [4.69, 9.17) is 11.6 Å². The number of thiazole rings is 2. The van der Waals surface area contributed by atoms with E-state index < -0.39 is 0 Å². The fourth-order valence-corrected chi connectivity index (χ4v) is 4.05. The van der Waals surface area contributed by atoms with Crippen molar-refractivity contribution in [2.24, 2.45) is 0 Å². The number of hydrogen-bond acceptors (Lipinski definition) is 6. The highest BCUT2D eigenvalue weighted by Crippen LogP contribution is 2.37. The van der Waals surface area contributed by atoms with Gasteiger partial charge in [0.1, 0.15) is 4.88 Å². The van der Waals surface area contributed by atoms with E-state index in [1.165, 1.54) is 11.3 Å². The van der Waals surface area contributed by atoms with Crippen LogP contribution in [0.25, 0.3) is 10.7 Å². The molecular weight excluding hydrogens is 338 g/mol. The third-order valence-corrected chi connectivity index (χ3v) is 5.71. The second kappa shape index (κ2) is 5.98. The molecule has 3 aromatic rings. The van der Waals surface area contributed by atoms with Crippen molar-refractivity contribution in [3.05, 3.63) is 33.6 Å². The number of imidazole rings is 1. The molecule has 3 aromatic heterocycles. The molecule has 0 amide bonds. The number of aryl methyl sites for hydroxylation is 1. The quantitative estimate of drug-likeness (QED) is 0.708. The van der Waals surface area contributed by atoms with Crippen molar-refractivity contribution < 1.29 is 0 Å². The number of halogens is 1. The highest BCUT2D eigenvalue weighted by atomic mass is 35.5. The van der Waals surface area contributed by atoms with Crippen molar-refractivity contribution in [3.8, 4) is 10.7 Å². The Balaban J connectivity index is 2.02. The average molecular weight is 354 g/mol. The fourth-order valence-electron chi connectivity index (χ4n) is 2.14. The third-order valence-electron chi connectivity index (χ3n) is 3.31. The maximum atomic E-state index is 6.31. The lowest BCUT2D eigenvalue weighted by Gasteiger charge is -2.13. The summed E-state index contributed by atoms with van der Waals surface area (Å²) in [6.07, 6.45) is 3.75. The minimum absolute atomic E-state index is 0.100. The zero-order chi connectivity index (χ0) is 15.9. The predicted octanol–water partition coefficient (Wildman–Crippen LogP) is 4.10. The van der Waals surface area contributed by atoms with Gasteiger partial charge in [-0.2, -0.15) is 0 Å². The van der Waals surface area contributed by atoms with Gasteiger partial charge in [0.25, 0.3) is 0 Å². The molecule has 116 valence electrons. The van der Waals surface area contributed by atoms with Crippen molar-refractivity contribution in [1.29, 1.82) is 0 Å². The molecule has 1 atom stereocenters. The Hall–Kier alpha value is -1.44. The summed E-state index contributed by atoms with van der Waals surface area (Å²) in [6.45, 7) is 4.13. The minimum Gasteiger partial charge on any atom is -0.354 e. The first-order valence-electron chi connectivity index (χ1n) is 6.76. The summed E-state index contributed by atoms with van der Waals surface area (Å²) in [5.74, 6) is 0.828. The van der Waals surface area contributed by atoms with Gasteiger partial charge in [-0.05, 0) is 13.8 Å². The molecule has 5 nitrogen and oxygen atoms in total. The van der Waals surface area contributed by atoms with E-state index in [0.29, 0.717) is 5.15 Å². The lowest BCUT2D eigenvalue weighted by Crippen LogP contribution is -2.08. The van der Waals surface area contributed by atoms with E-state index in [-0.39, 0.29) is 6.04 Å². The van der Waals surface area contributed by atoms with Gasteiger partial charge in [0.05, 0.1) is 16.7 Å². The van der Waals surface area contributed by atoms with Crippen molar-refractivity contribution in [2.75, 3.05) is 19.0 Å². The number of rotatable bonds is 4. The molecule has 3 heterocycles. The Kier molecular flexibility index (Phi) is 4.20. The van der Waals surface area contributed by atoms with E-state index in [9.17, 15) is 0 Å². The lowest BCUT2D eigenvalue weighted by atomic mass is 10.2. The molecule has 0 saturated heterocycles. The Morgan fingerprint density at radius 2 is 2.09 bits per heavy atom. The summed E-state index contributed by atoms with van der Waals surface area (Å²) in [6, 6.07) is 0.100. The Morgan fingerprint density at radius 1 is 1.32 bits per heavy atom. The standard InChI is InChI=1S/C14H16ClN5S2/c1-8(10-7-21-9(2)17-10)20-6-5-16-13(20)11-12(15)18-14(22-11)19(3)4/h5-8H,1-4H3/t8-/m0/s1. The molecule has 22 heavy (non-hydrogen) atoms. The first-order chi connectivity index (χ1) is 10.5. The van der Waals surface area contributed by atoms with Crippen LogP contribution in [0.2, 0.25) is 5.15 Å². The number of hydrogen-bond donors (Lipinski definition) is 0. The highest BCUT2D eigenvalue weighted by Gasteiger charge is 2.21. The van der Waals surface area contributed by atoms with Gasteiger partial charge in [0, 0.05) is 31.9 Å². The molecule has 0 fully saturated rings. The molecule has 0 aliphatic rings. The first-order valence-corrected chi connectivity index (χ1v) is 8.83. The minimum atomic E-state index is 0.100. The van der Waals surface area contributed by atoms with Gasteiger partial charge in [-0.15, -0.1) is 11.3 Å². The van der Waals surface area contributed by atoms with Crippen LogP contribution < -0.4 is 4.90 Å². The van der Waals surface area contributed by atoms with Crippen LogP contribution in [0, 0.1) is 6.92 Å². The summed E-state index contributed by atoms with van der Waals surface area (Å²) in [7, 11) is 3.90. The maximum Gasteiger partial charge on any atom is 0.186 e. The molecule has 8 heteroatoms. The molecule has 0 aliphatic carbocycles. The van der Waals surface area contributed by atoms with Crippen molar-refractivity contribution in [1.82, 2.24) is 19.5 Å². The zero-order valence-corrected chi connectivity index (χ0v) is 15.1. The monoisotopic (exact) mass is 353 g/mol. The van der Waals surface area contributed by atoms with E-state index in [1.54, 1.807) is 17.5 Å². The molecule has 0 unspecified atom stereocenters. The molecule has 0 radical (unpaired) electrons. The highest BCUT2D eigenvalue weighted by molar-refractivity contribution is 7.19. The molecular formula is C14H16ClN5S2. The summed E-state index contributed by atoms with van der Waals surface area (Å²) in [5, 5.41) is 4.51. The number of aromatic nitrogens is 4. The van der Waals surface area contributed by atoms with Crippen LogP contribution in [-0.4, -0.2) is 33.6 Å². The SMILES string of the molecule is Cc1nc([C@H](C)n2ccnc2-c2sc(N(C)C)nc2Cl)cs1. The van der Waals surface area contributed by atoms with Crippen LogP contribution in [0.15, 0.2) is 17.8 Å². The Morgan fingerprint density at radius 3 is 2.68 bits per heavy atom. The van der Waals surface area contributed by atoms with Gasteiger partial charge in [-0.1, -0.05) is 22.9 Å². The van der Waals surface area contributed by atoms with Crippen molar-refractivity contribution in [3.63, 3.8) is 0 Å². The van der Waals surface area contributed by atoms with Gasteiger partial charge in [-0.3, -0.25) is 0 Å². The number of nitrogens with zero attached hydrogens (tertiary/aromatic N) is 5. The van der Waals surface area contributed by atoms with Gasteiger partial charge in [0.2, 0.25) is 0 Å². The molecule has 0 aromatic carbocycles. The largest absolute Gasteiger partial charge is 0.354 e. The topological polar surface area (TPSA) is 46.8 Å². The zero-order valence-electron chi connectivity index (χ0n) is 12.7. The summed E-state index contributed by atoms with van der Waals surface area (Å²) in [5.41, 5.74) is 1.04. The van der Waals surface area contributed by atoms with Gasteiger partial charge in [-0.25, -0.2) is 15.0 Å². The van der Waals surface area contributed by atoms with Crippen LogP contribution >= 0.6 is 34.3 Å². The Bertz CT molecular complexity index is 789. The van der Waals surface area contributed by atoms with Crippen LogP contribution in [0.4, 0.5) is 5.13 Å². The lowest BCUT2D eigenvalue weighted by molar-refractivity contribution is 0.630. The third kappa shape index (κ3) is 2.76. The van der Waals surface area contributed by atoms with Crippen molar-refractivity contribution in [2.45, 2.75) is 19.9 Å². The fraction of sp³-hybridized carbons (Fsp3) is 0.357. The maximum absolute atomic E-state index is 6.31. The molecule has 0 saturated carbocycles. The second-order valence-electron chi connectivity index (χ2n) is 5.14.